The molecule has 4 rings (SSSR count). The number of carbonyl (C=O) groups is 1. The summed E-state index contributed by atoms with van der Waals surface area (Å²) in [5.74, 6) is 0.427. The molecular weight excluding hydrogens is 313 g/mol. The van der Waals surface area contributed by atoms with Gasteiger partial charge in [0.15, 0.2) is 6.61 Å². The summed E-state index contributed by atoms with van der Waals surface area (Å²) in [4.78, 5) is 16.7. The van der Waals surface area contributed by atoms with Gasteiger partial charge in [-0.1, -0.05) is 0 Å². The van der Waals surface area contributed by atoms with Crippen LogP contribution in [0.25, 0.3) is 0 Å². The summed E-state index contributed by atoms with van der Waals surface area (Å²) in [5, 5.41) is 3.62. The molecule has 1 saturated heterocycles. The summed E-state index contributed by atoms with van der Waals surface area (Å²) in [5.41, 5.74) is 1.46. The van der Waals surface area contributed by atoms with Crippen LogP contribution in [-0.4, -0.2) is 36.5 Å². The highest BCUT2D eigenvalue weighted by Crippen LogP contribution is 2.47. The fraction of sp³-hybridized carbons (Fsp3) is 0.500. The zero-order valence-corrected chi connectivity index (χ0v) is 11.9. The SMILES string of the molecule is O=C1COC(c2cnc(N3CC4CC4C3)c(C(F)(F)F)c2)=NN1. The van der Waals surface area contributed by atoms with Crippen LogP contribution in [0.5, 0.6) is 0 Å². The molecule has 1 amide bonds. The number of nitrogens with zero attached hydrogens (tertiary/aromatic N) is 3. The maximum atomic E-state index is 13.4. The number of hydrazone groups is 1. The monoisotopic (exact) mass is 326 g/mol. The van der Waals surface area contributed by atoms with Gasteiger partial charge in [-0.25, -0.2) is 10.4 Å². The van der Waals surface area contributed by atoms with E-state index in [0.29, 0.717) is 24.9 Å². The normalized spacial score (nSPS) is 26.3. The molecule has 3 heterocycles. The molecule has 1 saturated carbocycles. The van der Waals surface area contributed by atoms with Crippen molar-refractivity contribution in [2.45, 2.75) is 12.6 Å². The van der Waals surface area contributed by atoms with E-state index < -0.39 is 17.6 Å². The van der Waals surface area contributed by atoms with Gasteiger partial charge in [-0.3, -0.25) is 4.79 Å². The number of nitrogens with one attached hydrogen (secondary N) is 1. The third-order valence-electron chi connectivity index (χ3n) is 4.32. The van der Waals surface area contributed by atoms with Crippen LogP contribution >= 0.6 is 0 Å². The fourth-order valence-corrected chi connectivity index (χ4v) is 3.07. The van der Waals surface area contributed by atoms with E-state index in [2.05, 4.69) is 15.5 Å². The number of carbonyl (C=O) groups excluding carboxylic acids is 1. The van der Waals surface area contributed by atoms with Gasteiger partial charge in [-0.15, -0.1) is 5.10 Å². The number of amides is 1. The number of fused-ring (bicyclic) bond motifs is 1. The lowest BCUT2D eigenvalue weighted by Gasteiger charge is -2.24. The minimum Gasteiger partial charge on any atom is -0.466 e. The van der Waals surface area contributed by atoms with Gasteiger partial charge in [-0.05, 0) is 24.3 Å². The van der Waals surface area contributed by atoms with E-state index in [1.54, 1.807) is 4.90 Å². The van der Waals surface area contributed by atoms with Crippen LogP contribution < -0.4 is 10.3 Å². The zero-order valence-electron chi connectivity index (χ0n) is 11.9. The Labute approximate surface area is 129 Å². The number of hydrogen-bond donors (Lipinski definition) is 1. The zero-order chi connectivity index (χ0) is 16.2. The first-order valence-electron chi connectivity index (χ1n) is 7.23. The Balaban J connectivity index is 1.69. The highest BCUT2D eigenvalue weighted by molar-refractivity contribution is 5.98. The Bertz CT molecular complexity index is 694. The van der Waals surface area contributed by atoms with E-state index in [1.165, 1.54) is 6.20 Å². The lowest BCUT2D eigenvalue weighted by molar-refractivity contribution is -0.137. The number of hydrogen-bond acceptors (Lipinski definition) is 5. The van der Waals surface area contributed by atoms with Gasteiger partial charge in [0.05, 0.1) is 11.1 Å². The van der Waals surface area contributed by atoms with Gasteiger partial charge in [-0.2, -0.15) is 13.2 Å². The van der Waals surface area contributed by atoms with Crippen molar-refractivity contribution in [2.75, 3.05) is 24.6 Å². The topological polar surface area (TPSA) is 66.8 Å². The molecule has 1 aromatic rings. The van der Waals surface area contributed by atoms with Crippen LogP contribution in [0.1, 0.15) is 17.5 Å². The predicted octanol–water partition coefficient (Wildman–Crippen LogP) is 1.36. The molecule has 2 unspecified atom stereocenters. The van der Waals surface area contributed by atoms with Crippen LogP contribution in [0.3, 0.4) is 0 Å². The van der Waals surface area contributed by atoms with Crippen molar-refractivity contribution in [3.8, 4) is 0 Å². The van der Waals surface area contributed by atoms with Gasteiger partial charge in [0.2, 0.25) is 5.90 Å². The summed E-state index contributed by atoms with van der Waals surface area (Å²) >= 11 is 0. The number of alkyl halides is 3. The Morgan fingerprint density at radius 2 is 2.04 bits per heavy atom. The maximum absolute atomic E-state index is 13.4. The third kappa shape index (κ3) is 2.60. The minimum absolute atomic E-state index is 0.0473. The molecule has 1 aliphatic carbocycles. The molecule has 1 N–H and O–H groups in total. The summed E-state index contributed by atoms with van der Waals surface area (Å²) in [6.07, 6.45) is -2.13. The van der Waals surface area contributed by atoms with Crippen molar-refractivity contribution in [3.63, 3.8) is 0 Å². The lowest BCUT2D eigenvalue weighted by Crippen LogP contribution is -2.32. The second-order valence-electron chi connectivity index (χ2n) is 5.99. The fourth-order valence-electron chi connectivity index (χ4n) is 3.07. The average molecular weight is 326 g/mol. The molecule has 6 nitrogen and oxygen atoms in total. The summed E-state index contributed by atoms with van der Waals surface area (Å²) in [6.45, 7) is 0.957. The van der Waals surface area contributed by atoms with Gasteiger partial charge in [0, 0.05) is 19.3 Å². The van der Waals surface area contributed by atoms with E-state index >= 15 is 0 Å². The van der Waals surface area contributed by atoms with Gasteiger partial charge in [0.1, 0.15) is 5.82 Å². The first kappa shape index (κ1) is 14.3. The molecule has 2 aliphatic heterocycles. The van der Waals surface area contributed by atoms with Crippen LogP contribution in [-0.2, 0) is 15.7 Å². The second kappa shape index (κ2) is 4.84. The van der Waals surface area contributed by atoms with Crippen LogP contribution in [0.15, 0.2) is 17.4 Å². The van der Waals surface area contributed by atoms with Crippen molar-refractivity contribution in [1.82, 2.24) is 10.4 Å². The van der Waals surface area contributed by atoms with E-state index in [-0.39, 0.29) is 23.9 Å². The van der Waals surface area contributed by atoms with Crippen molar-refractivity contribution >= 4 is 17.6 Å². The quantitative estimate of drug-likeness (QED) is 0.891. The molecule has 0 aromatic carbocycles. The maximum Gasteiger partial charge on any atom is 0.419 e. The van der Waals surface area contributed by atoms with Crippen LogP contribution in [0.4, 0.5) is 19.0 Å². The highest BCUT2D eigenvalue weighted by Gasteiger charge is 2.47. The molecule has 9 heteroatoms. The largest absolute Gasteiger partial charge is 0.466 e. The molecule has 122 valence electrons. The van der Waals surface area contributed by atoms with Crippen LogP contribution in [0.2, 0.25) is 0 Å². The number of anilines is 1. The summed E-state index contributed by atoms with van der Waals surface area (Å²) in [6, 6.07) is 0.975. The number of pyridine rings is 1. The molecule has 3 aliphatic rings. The van der Waals surface area contributed by atoms with Crippen LogP contribution in [0, 0.1) is 11.8 Å². The van der Waals surface area contributed by atoms with E-state index in [1.807, 2.05) is 0 Å². The van der Waals surface area contributed by atoms with Gasteiger partial charge < -0.3 is 9.64 Å². The van der Waals surface area contributed by atoms with Crippen molar-refractivity contribution < 1.29 is 22.7 Å². The standard InChI is InChI=1S/C14H13F3N4O2/c15-14(16,17)10-2-7(13-20-19-11(22)6-23-13)3-18-12(10)21-4-8-1-9(8)5-21/h2-3,8-9H,1,4-6H2,(H,19,22). The minimum atomic E-state index is -4.52. The predicted molar refractivity (Wildman–Crippen MR) is 73.7 cm³/mol. The Morgan fingerprint density at radius 1 is 1.30 bits per heavy atom. The molecule has 23 heavy (non-hydrogen) atoms. The van der Waals surface area contributed by atoms with Crippen molar-refractivity contribution in [3.05, 3.63) is 23.4 Å². The van der Waals surface area contributed by atoms with Crippen molar-refractivity contribution in [2.24, 2.45) is 16.9 Å². The van der Waals surface area contributed by atoms with Crippen molar-refractivity contribution in [1.29, 1.82) is 0 Å². The third-order valence-corrected chi connectivity index (χ3v) is 4.32. The average Bonchev–Trinajstić information content (AvgIpc) is 3.13. The molecule has 0 spiro atoms. The summed E-state index contributed by atoms with van der Waals surface area (Å²) < 4.78 is 45.3. The smallest absolute Gasteiger partial charge is 0.419 e. The summed E-state index contributed by atoms with van der Waals surface area (Å²) in [7, 11) is 0. The Morgan fingerprint density at radius 3 is 2.65 bits per heavy atom. The molecular formula is C14H13F3N4O2. The lowest BCUT2D eigenvalue weighted by atomic mass is 10.1. The Hall–Kier alpha value is -2.32. The van der Waals surface area contributed by atoms with Gasteiger partial charge in [0.25, 0.3) is 5.91 Å². The number of ether oxygens (including phenoxy) is 1. The number of rotatable bonds is 2. The number of aromatic nitrogens is 1. The molecule has 0 radical (unpaired) electrons. The number of piperidine rings is 1. The van der Waals surface area contributed by atoms with E-state index in [9.17, 15) is 18.0 Å². The molecule has 2 atom stereocenters. The Kier molecular flexibility index (Phi) is 3.00. The molecule has 0 bridgehead atoms. The first-order chi connectivity index (χ1) is 10.9. The first-order valence-corrected chi connectivity index (χ1v) is 7.23. The number of halogens is 3. The highest BCUT2D eigenvalue weighted by atomic mass is 19.4. The second-order valence-corrected chi connectivity index (χ2v) is 5.99. The molecule has 2 fully saturated rings. The van der Waals surface area contributed by atoms with E-state index in [4.69, 9.17) is 4.74 Å². The molecule has 1 aromatic heterocycles. The van der Waals surface area contributed by atoms with E-state index in [0.717, 1.165) is 12.5 Å². The van der Waals surface area contributed by atoms with Gasteiger partial charge >= 0.3 is 6.18 Å².